The molecule has 7 heteroatoms. The topological polar surface area (TPSA) is 90.9 Å². The summed E-state index contributed by atoms with van der Waals surface area (Å²) in [6.07, 6.45) is 1.68. The molecule has 0 radical (unpaired) electrons. The zero-order chi connectivity index (χ0) is 18.5. The third-order valence-corrected chi connectivity index (χ3v) is 3.84. The molecule has 0 spiro atoms. The summed E-state index contributed by atoms with van der Waals surface area (Å²) < 4.78 is 7.33. The Labute approximate surface area is 156 Å². The summed E-state index contributed by atoms with van der Waals surface area (Å²) in [6, 6.07) is 23.1. The number of nitrogens with zero attached hydrogens (tertiary/aromatic N) is 4. The summed E-state index contributed by atoms with van der Waals surface area (Å²) in [6.45, 7) is 0.504. The number of rotatable bonds is 6. The molecule has 4 aromatic rings. The lowest BCUT2D eigenvalue weighted by Gasteiger charge is -2.08. The molecule has 27 heavy (non-hydrogen) atoms. The molecule has 0 aliphatic rings. The minimum atomic E-state index is 0.257. The number of ether oxygens (including phenoxy) is 1. The van der Waals surface area contributed by atoms with E-state index in [-0.39, 0.29) is 5.95 Å². The van der Waals surface area contributed by atoms with Crippen LogP contribution in [0.5, 0.6) is 5.75 Å². The normalized spacial score (nSPS) is 10.5. The summed E-state index contributed by atoms with van der Waals surface area (Å²) in [7, 11) is 0. The van der Waals surface area contributed by atoms with E-state index in [1.54, 1.807) is 6.20 Å². The van der Waals surface area contributed by atoms with E-state index >= 15 is 0 Å². The van der Waals surface area contributed by atoms with Crippen molar-refractivity contribution in [1.29, 1.82) is 0 Å². The fourth-order valence-electron chi connectivity index (χ4n) is 2.56. The largest absolute Gasteiger partial charge is 0.489 e. The average Bonchev–Trinajstić information content (AvgIpc) is 3.08. The van der Waals surface area contributed by atoms with Gasteiger partial charge >= 0.3 is 0 Å². The smallest absolute Gasteiger partial charge is 0.248 e. The van der Waals surface area contributed by atoms with Crippen molar-refractivity contribution in [3.8, 4) is 11.6 Å². The highest BCUT2D eigenvalue weighted by Crippen LogP contribution is 2.22. The first-order valence-electron chi connectivity index (χ1n) is 8.46. The van der Waals surface area contributed by atoms with Gasteiger partial charge in [0.2, 0.25) is 11.9 Å². The van der Waals surface area contributed by atoms with Gasteiger partial charge in [-0.05, 0) is 29.8 Å². The summed E-state index contributed by atoms with van der Waals surface area (Å²) in [5.41, 5.74) is 7.87. The molecule has 0 unspecified atom stereocenters. The molecule has 7 nitrogen and oxygen atoms in total. The molecular weight excluding hydrogens is 340 g/mol. The highest BCUT2D eigenvalue weighted by Gasteiger charge is 2.10. The van der Waals surface area contributed by atoms with E-state index in [4.69, 9.17) is 10.5 Å². The molecular formula is C20H18N6O. The van der Waals surface area contributed by atoms with E-state index in [0.29, 0.717) is 18.4 Å². The number of anilines is 3. The maximum absolute atomic E-state index is 5.95. The number of pyridine rings is 1. The average molecular weight is 358 g/mol. The summed E-state index contributed by atoms with van der Waals surface area (Å²) in [5, 5.41) is 7.51. The van der Waals surface area contributed by atoms with E-state index in [1.165, 1.54) is 4.68 Å². The van der Waals surface area contributed by atoms with Crippen molar-refractivity contribution in [2.45, 2.75) is 6.61 Å². The summed E-state index contributed by atoms with van der Waals surface area (Å²) in [5.74, 6) is 2.00. The molecule has 2 aromatic carbocycles. The van der Waals surface area contributed by atoms with Crippen LogP contribution in [-0.2, 0) is 6.61 Å². The van der Waals surface area contributed by atoms with E-state index in [2.05, 4.69) is 20.4 Å². The maximum atomic E-state index is 5.95. The highest BCUT2D eigenvalue weighted by atomic mass is 16.5. The molecule has 0 aliphatic carbocycles. The van der Waals surface area contributed by atoms with Crippen molar-refractivity contribution in [2.24, 2.45) is 0 Å². The fourth-order valence-corrected chi connectivity index (χ4v) is 2.56. The SMILES string of the molecule is Nc1nc(Nc2cccc(OCc3ccccc3)c2)nn1-c1ccccn1. The van der Waals surface area contributed by atoms with E-state index in [9.17, 15) is 0 Å². The van der Waals surface area contributed by atoms with Crippen molar-refractivity contribution in [3.63, 3.8) is 0 Å². The van der Waals surface area contributed by atoms with Gasteiger partial charge in [0.05, 0.1) is 0 Å². The van der Waals surface area contributed by atoms with Gasteiger partial charge in [-0.3, -0.25) is 0 Å². The van der Waals surface area contributed by atoms with Crippen LogP contribution < -0.4 is 15.8 Å². The number of nitrogens with one attached hydrogen (secondary N) is 1. The third-order valence-electron chi connectivity index (χ3n) is 3.84. The van der Waals surface area contributed by atoms with Gasteiger partial charge in [-0.1, -0.05) is 42.5 Å². The van der Waals surface area contributed by atoms with Crippen LogP contribution in [0.1, 0.15) is 5.56 Å². The number of benzene rings is 2. The first kappa shape index (κ1) is 16.6. The third kappa shape index (κ3) is 4.04. The Morgan fingerprint density at radius 3 is 2.63 bits per heavy atom. The molecule has 2 heterocycles. The first-order chi connectivity index (χ1) is 13.3. The highest BCUT2D eigenvalue weighted by molar-refractivity contribution is 5.56. The van der Waals surface area contributed by atoms with E-state index in [1.807, 2.05) is 72.8 Å². The molecule has 134 valence electrons. The Bertz CT molecular complexity index is 1020. The van der Waals surface area contributed by atoms with Gasteiger partial charge < -0.3 is 15.8 Å². The van der Waals surface area contributed by atoms with Crippen LogP contribution in [0.4, 0.5) is 17.6 Å². The number of aromatic nitrogens is 4. The monoisotopic (exact) mass is 358 g/mol. The number of hydrogen-bond donors (Lipinski definition) is 2. The predicted octanol–water partition coefficient (Wildman–Crippen LogP) is 3.57. The van der Waals surface area contributed by atoms with Crippen LogP contribution in [0.2, 0.25) is 0 Å². The molecule has 0 fully saturated rings. The fraction of sp³-hybridized carbons (Fsp3) is 0.0500. The van der Waals surface area contributed by atoms with Crippen LogP contribution in [-0.4, -0.2) is 19.7 Å². The van der Waals surface area contributed by atoms with Crippen molar-refractivity contribution >= 4 is 17.6 Å². The van der Waals surface area contributed by atoms with Gasteiger partial charge in [-0.15, -0.1) is 5.10 Å². The number of nitrogen functional groups attached to an aromatic ring is 1. The van der Waals surface area contributed by atoms with Crippen molar-refractivity contribution < 1.29 is 4.74 Å². The van der Waals surface area contributed by atoms with Crippen molar-refractivity contribution in [2.75, 3.05) is 11.1 Å². The zero-order valence-electron chi connectivity index (χ0n) is 14.5. The number of nitrogens with two attached hydrogens (primary N) is 1. The lowest BCUT2D eigenvalue weighted by Crippen LogP contribution is -2.04. The minimum Gasteiger partial charge on any atom is -0.489 e. The molecule has 0 aliphatic heterocycles. The second-order valence-corrected chi connectivity index (χ2v) is 5.82. The van der Waals surface area contributed by atoms with Gasteiger partial charge in [0, 0.05) is 18.0 Å². The Morgan fingerprint density at radius 1 is 0.963 bits per heavy atom. The van der Waals surface area contributed by atoms with Crippen molar-refractivity contribution in [1.82, 2.24) is 19.7 Å². The predicted molar refractivity (Wildman–Crippen MR) is 104 cm³/mol. The molecule has 0 amide bonds. The lowest BCUT2D eigenvalue weighted by atomic mass is 10.2. The van der Waals surface area contributed by atoms with Crippen LogP contribution in [0.3, 0.4) is 0 Å². The van der Waals surface area contributed by atoms with Gasteiger partial charge in [0.1, 0.15) is 12.4 Å². The second-order valence-electron chi connectivity index (χ2n) is 5.82. The molecule has 3 N–H and O–H groups in total. The van der Waals surface area contributed by atoms with Gasteiger partial charge in [0.25, 0.3) is 0 Å². The summed E-state index contributed by atoms with van der Waals surface area (Å²) in [4.78, 5) is 8.47. The lowest BCUT2D eigenvalue weighted by molar-refractivity contribution is 0.306. The quantitative estimate of drug-likeness (QED) is 0.548. The second kappa shape index (κ2) is 7.57. The Morgan fingerprint density at radius 2 is 1.81 bits per heavy atom. The molecule has 0 atom stereocenters. The van der Waals surface area contributed by atoms with E-state index in [0.717, 1.165) is 17.0 Å². The molecule has 0 saturated carbocycles. The standard InChI is InChI=1S/C20H18N6O/c21-19-24-20(25-26(19)18-11-4-5-12-22-18)23-16-9-6-10-17(13-16)27-14-15-7-2-1-3-8-15/h1-13H,14H2,(H3,21,23,24,25). The zero-order valence-corrected chi connectivity index (χ0v) is 14.5. The van der Waals surface area contributed by atoms with Crippen LogP contribution in [0.25, 0.3) is 5.82 Å². The van der Waals surface area contributed by atoms with Gasteiger partial charge in [0.15, 0.2) is 5.82 Å². The molecule has 0 saturated heterocycles. The maximum Gasteiger partial charge on any atom is 0.248 e. The van der Waals surface area contributed by atoms with Gasteiger partial charge in [-0.2, -0.15) is 9.67 Å². The molecule has 2 aromatic heterocycles. The molecule has 4 rings (SSSR count). The minimum absolute atomic E-state index is 0.257. The Kier molecular flexibility index (Phi) is 4.65. The molecule has 0 bridgehead atoms. The van der Waals surface area contributed by atoms with Crippen LogP contribution in [0.15, 0.2) is 79.0 Å². The number of hydrogen-bond acceptors (Lipinski definition) is 6. The summed E-state index contributed by atoms with van der Waals surface area (Å²) >= 11 is 0. The first-order valence-corrected chi connectivity index (χ1v) is 8.46. The van der Waals surface area contributed by atoms with Crippen LogP contribution >= 0.6 is 0 Å². The Hall–Kier alpha value is -3.87. The van der Waals surface area contributed by atoms with Crippen LogP contribution in [0, 0.1) is 0 Å². The van der Waals surface area contributed by atoms with Gasteiger partial charge in [-0.25, -0.2) is 4.98 Å². The Balaban J connectivity index is 1.47. The van der Waals surface area contributed by atoms with E-state index < -0.39 is 0 Å². The van der Waals surface area contributed by atoms with Crippen molar-refractivity contribution in [3.05, 3.63) is 84.6 Å².